The summed E-state index contributed by atoms with van der Waals surface area (Å²) >= 11 is 0. The molecule has 3 aromatic rings. The van der Waals surface area contributed by atoms with E-state index < -0.39 is 5.82 Å². The molecule has 4 rings (SSSR count). The van der Waals surface area contributed by atoms with Gasteiger partial charge in [0.15, 0.2) is 0 Å². The maximum absolute atomic E-state index is 14.1. The second kappa shape index (κ2) is 8.27. The van der Waals surface area contributed by atoms with Gasteiger partial charge in [0.1, 0.15) is 17.2 Å². The summed E-state index contributed by atoms with van der Waals surface area (Å²) in [5, 5.41) is 3.85. The maximum atomic E-state index is 14.1. The van der Waals surface area contributed by atoms with Crippen molar-refractivity contribution in [3.8, 4) is 0 Å². The zero-order valence-electron chi connectivity index (χ0n) is 16.4. The summed E-state index contributed by atoms with van der Waals surface area (Å²) < 4.78 is 27.9. The van der Waals surface area contributed by atoms with Crippen LogP contribution >= 0.6 is 0 Å². The van der Waals surface area contributed by atoms with E-state index in [2.05, 4.69) is 10.3 Å². The van der Waals surface area contributed by atoms with Crippen molar-refractivity contribution in [1.29, 1.82) is 0 Å². The lowest BCUT2D eigenvalue weighted by Gasteiger charge is -2.33. The summed E-state index contributed by atoms with van der Waals surface area (Å²) in [5.74, 6) is -0.464. The quantitative estimate of drug-likeness (QED) is 0.625. The number of para-hydroxylation sites is 1. The molecule has 0 saturated heterocycles. The molecule has 1 N–H and O–H groups in total. The first kappa shape index (κ1) is 19.5. The van der Waals surface area contributed by atoms with E-state index in [4.69, 9.17) is 0 Å². The first-order valence-electron chi connectivity index (χ1n) is 10.1. The maximum Gasteiger partial charge on any atom is 0.254 e. The minimum Gasteiger partial charge on any atom is -0.349 e. The van der Waals surface area contributed by atoms with Gasteiger partial charge in [-0.25, -0.2) is 8.78 Å². The predicted molar refractivity (Wildman–Crippen MR) is 110 cm³/mol. The van der Waals surface area contributed by atoms with Crippen molar-refractivity contribution in [1.82, 2.24) is 10.3 Å². The van der Waals surface area contributed by atoms with E-state index in [1.165, 1.54) is 18.2 Å². The Morgan fingerprint density at radius 1 is 1.00 bits per heavy atom. The topological polar surface area (TPSA) is 42.0 Å². The van der Waals surface area contributed by atoms with Gasteiger partial charge in [-0.1, -0.05) is 24.3 Å². The van der Waals surface area contributed by atoms with Crippen molar-refractivity contribution >= 4 is 16.8 Å². The molecule has 5 heteroatoms. The van der Waals surface area contributed by atoms with Gasteiger partial charge >= 0.3 is 0 Å². The third-order valence-corrected chi connectivity index (χ3v) is 6.15. The number of aromatic nitrogens is 1. The van der Waals surface area contributed by atoms with E-state index >= 15 is 0 Å². The van der Waals surface area contributed by atoms with Crippen molar-refractivity contribution < 1.29 is 13.6 Å². The molecule has 0 unspecified atom stereocenters. The van der Waals surface area contributed by atoms with E-state index in [1.54, 1.807) is 24.4 Å². The Morgan fingerprint density at radius 2 is 1.72 bits per heavy atom. The number of nitrogens with one attached hydrogen (secondary N) is 1. The SMILES string of the molecule is C[C@@H](NC(=O)c1ccccc1F)C1CCC(c2ccnc3c(F)cccc23)CC1. The first-order chi connectivity index (χ1) is 14.0. The fraction of sp³-hybridized carbons (Fsp3) is 0.333. The second-order valence-electron chi connectivity index (χ2n) is 7.89. The number of benzene rings is 2. The molecule has 1 amide bonds. The molecular formula is C24H24F2N2O. The number of rotatable bonds is 4. The van der Waals surface area contributed by atoms with Crippen LogP contribution in [0.2, 0.25) is 0 Å². The van der Waals surface area contributed by atoms with E-state index in [9.17, 15) is 13.6 Å². The molecule has 1 heterocycles. The molecule has 0 aliphatic heterocycles. The number of amides is 1. The minimum absolute atomic E-state index is 0.0327. The van der Waals surface area contributed by atoms with Gasteiger partial charge in [0.05, 0.1) is 5.56 Å². The second-order valence-corrected chi connectivity index (χ2v) is 7.89. The molecule has 1 aliphatic rings. The molecule has 1 saturated carbocycles. The van der Waals surface area contributed by atoms with Crippen LogP contribution in [-0.2, 0) is 0 Å². The number of pyridine rings is 1. The van der Waals surface area contributed by atoms with Crippen molar-refractivity contribution in [2.75, 3.05) is 0 Å². The molecule has 1 aromatic heterocycles. The van der Waals surface area contributed by atoms with Crippen molar-refractivity contribution in [3.63, 3.8) is 0 Å². The van der Waals surface area contributed by atoms with E-state index in [1.807, 2.05) is 19.1 Å². The number of fused-ring (bicyclic) bond motifs is 1. The van der Waals surface area contributed by atoms with E-state index in [0.29, 0.717) is 17.4 Å². The normalized spacial score (nSPS) is 20.4. The van der Waals surface area contributed by atoms with Crippen LogP contribution in [0, 0.1) is 17.6 Å². The van der Waals surface area contributed by atoms with E-state index in [0.717, 1.165) is 36.6 Å². The lowest BCUT2D eigenvalue weighted by Crippen LogP contribution is -2.39. The Hall–Kier alpha value is -2.82. The van der Waals surface area contributed by atoms with Gasteiger partial charge in [-0.05, 0) is 74.3 Å². The standard InChI is InChI=1S/C24H24F2N2O/c1-15(28-24(29)20-5-2-3-7-21(20)25)16-9-11-17(12-10-16)18-13-14-27-23-19(18)6-4-8-22(23)26/h2-8,13-17H,9-12H2,1H3,(H,28,29)/t15-,16?,17?/m1/s1. The van der Waals surface area contributed by atoms with Gasteiger partial charge in [0, 0.05) is 17.6 Å². The summed E-state index contributed by atoms with van der Waals surface area (Å²) in [4.78, 5) is 16.6. The molecule has 2 aromatic carbocycles. The van der Waals surface area contributed by atoms with Gasteiger partial charge in [-0.3, -0.25) is 9.78 Å². The Morgan fingerprint density at radius 3 is 2.48 bits per heavy atom. The van der Waals surface area contributed by atoms with Crippen molar-refractivity contribution in [2.24, 2.45) is 5.92 Å². The summed E-state index contributed by atoms with van der Waals surface area (Å²) in [6.07, 6.45) is 5.55. The smallest absolute Gasteiger partial charge is 0.254 e. The van der Waals surface area contributed by atoms with Gasteiger partial charge in [0.25, 0.3) is 5.91 Å². The van der Waals surface area contributed by atoms with Crippen LogP contribution in [-0.4, -0.2) is 16.9 Å². The highest BCUT2D eigenvalue weighted by molar-refractivity contribution is 5.94. The summed E-state index contributed by atoms with van der Waals surface area (Å²) in [6.45, 7) is 1.99. The van der Waals surface area contributed by atoms with Crippen LogP contribution < -0.4 is 5.32 Å². The Kier molecular flexibility index (Phi) is 5.56. The fourth-order valence-corrected chi connectivity index (χ4v) is 4.50. The minimum atomic E-state index is -0.502. The van der Waals surface area contributed by atoms with Crippen LogP contribution in [0.5, 0.6) is 0 Å². The number of nitrogens with zero attached hydrogens (tertiary/aromatic N) is 1. The number of carbonyl (C=O) groups excluding carboxylic acids is 1. The average Bonchev–Trinajstić information content (AvgIpc) is 2.74. The van der Waals surface area contributed by atoms with Gasteiger partial charge in [-0.15, -0.1) is 0 Å². The van der Waals surface area contributed by atoms with Gasteiger partial charge in [0.2, 0.25) is 0 Å². The van der Waals surface area contributed by atoms with Crippen LogP contribution in [0.15, 0.2) is 54.7 Å². The van der Waals surface area contributed by atoms with Crippen molar-refractivity contribution in [2.45, 2.75) is 44.6 Å². The zero-order valence-corrected chi connectivity index (χ0v) is 16.4. The molecule has 0 bridgehead atoms. The highest BCUT2D eigenvalue weighted by atomic mass is 19.1. The molecule has 150 valence electrons. The molecule has 0 spiro atoms. The molecular weight excluding hydrogens is 370 g/mol. The number of hydrogen-bond acceptors (Lipinski definition) is 2. The third-order valence-electron chi connectivity index (χ3n) is 6.15. The van der Waals surface area contributed by atoms with Crippen LogP contribution in [0.25, 0.3) is 10.9 Å². The molecule has 29 heavy (non-hydrogen) atoms. The predicted octanol–water partition coefficient (Wildman–Crippen LogP) is 5.61. The lowest BCUT2D eigenvalue weighted by atomic mass is 9.75. The lowest BCUT2D eigenvalue weighted by molar-refractivity contribution is 0.0913. The van der Waals surface area contributed by atoms with Crippen LogP contribution in [0.1, 0.15) is 54.4 Å². The Bertz CT molecular complexity index is 1030. The molecule has 1 fully saturated rings. The summed E-state index contributed by atoms with van der Waals surface area (Å²) in [6, 6.07) is 13.1. The van der Waals surface area contributed by atoms with Gasteiger partial charge in [-0.2, -0.15) is 0 Å². The average molecular weight is 394 g/mol. The largest absolute Gasteiger partial charge is 0.349 e. The molecule has 1 atom stereocenters. The first-order valence-corrected chi connectivity index (χ1v) is 10.1. The van der Waals surface area contributed by atoms with Crippen LogP contribution in [0.3, 0.4) is 0 Å². The number of carbonyl (C=O) groups is 1. The highest BCUT2D eigenvalue weighted by Crippen LogP contribution is 2.39. The Labute approximate surface area is 169 Å². The summed E-state index contributed by atoms with van der Waals surface area (Å²) in [5.41, 5.74) is 1.66. The molecule has 1 aliphatic carbocycles. The zero-order chi connectivity index (χ0) is 20.4. The summed E-state index contributed by atoms with van der Waals surface area (Å²) in [7, 11) is 0. The molecule has 0 radical (unpaired) electrons. The van der Waals surface area contributed by atoms with Crippen molar-refractivity contribution in [3.05, 3.63) is 77.5 Å². The van der Waals surface area contributed by atoms with Crippen LogP contribution in [0.4, 0.5) is 8.78 Å². The number of halogens is 2. The Balaban J connectivity index is 1.41. The monoisotopic (exact) mass is 394 g/mol. The molecule has 3 nitrogen and oxygen atoms in total. The third kappa shape index (κ3) is 4.00. The van der Waals surface area contributed by atoms with Gasteiger partial charge < -0.3 is 5.32 Å². The van der Waals surface area contributed by atoms with E-state index in [-0.39, 0.29) is 23.3 Å². The number of hydrogen-bond donors (Lipinski definition) is 1. The highest BCUT2D eigenvalue weighted by Gasteiger charge is 2.28. The fourth-order valence-electron chi connectivity index (χ4n) is 4.50.